The average molecular weight is 344 g/mol. The van der Waals surface area contributed by atoms with Crippen molar-refractivity contribution in [3.8, 4) is 5.75 Å². The summed E-state index contributed by atoms with van der Waals surface area (Å²) in [4.78, 5) is 23.9. The number of carbonyl (C=O) groups excluding carboxylic acids is 2. The molecule has 5 nitrogen and oxygen atoms in total. The van der Waals surface area contributed by atoms with E-state index in [1.54, 1.807) is 12.1 Å². The average Bonchev–Trinajstić information content (AvgIpc) is 2.62. The molecule has 2 aromatic rings. The number of nitrogens with one attached hydrogen (secondary N) is 2. The lowest BCUT2D eigenvalue weighted by Gasteiger charge is -2.17. The van der Waals surface area contributed by atoms with Crippen molar-refractivity contribution >= 4 is 23.6 Å². The van der Waals surface area contributed by atoms with Crippen LogP contribution in [0.2, 0.25) is 0 Å². The minimum Gasteiger partial charge on any atom is -0.488 e. The molecule has 0 saturated carbocycles. The molecule has 1 heterocycles. The van der Waals surface area contributed by atoms with E-state index in [0.717, 1.165) is 17.7 Å². The van der Waals surface area contributed by atoms with Gasteiger partial charge in [0.2, 0.25) is 5.91 Å². The van der Waals surface area contributed by atoms with Crippen molar-refractivity contribution in [2.24, 2.45) is 0 Å². The van der Waals surface area contributed by atoms with E-state index < -0.39 is 23.4 Å². The Bertz CT molecular complexity index is 865. The van der Waals surface area contributed by atoms with Crippen LogP contribution in [0.5, 0.6) is 5.75 Å². The molecule has 0 atom stereocenters. The lowest BCUT2D eigenvalue weighted by atomic mass is 10.1. The molecule has 2 aromatic carbocycles. The zero-order valence-corrected chi connectivity index (χ0v) is 13.0. The first-order chi connectivity index (χ1) is 12.0. The number of anilines is 1. The first-order valence-electron chi connectivity index (χ1n) is 7.48. The second-order valence-corrected chi connectivity index (χ2v) is 5.36. The Labute approximate surface area is 142 Å². The number of hydrogen-bond donors (Lipinski definition) is 2. The van der Waals surface area contributed by atoms with E-state index in [1.165, 1.54) is 6.07 Å². The number of para-hydroxylation sites is 1. The van der Waals surface area contributed by atoms with Crippen LogP contribution in [-0.2, 0) is 9.59 Å². The number of benzene rings is 2. The summed E-state index contributed by atoms with van der Waals surface area (Å²) >= 11 is 0. The maximum Gasteiger partial charge on any atom is 0.251 e. The lowest BCUT2D eigenvalue weighted by Crippen LogP contribution is -2.35. The predicted octanol–water partition coefficient (Wildman–Crippen LogP) is 2.50. The number of fused-ring (bicyclic) bond motifs is 1. The van der Waals surface area contributed by atoms with E-state index in [-0.39, 0.29) is 18.8 Å². The molecular formula is C18H14F2N2O3. The second-order valence-electron chi connectivity index (χ2n) is 5.36. The molecule has 2 amide bonds. The molecule has 25 heavy (non-hydrogen) atoms. The minimum atomic E-state index is -1.06. The molecule has 2 N–H and O–H groups in total. The first kappa shape index (κ1) is 16.6. The van der Waals surface area contributed by atoms with Crippen LogP contribution in [-0.4, -0.2) is 25.0 Å². The summed E-state index contributed by atoms with van der Waals surface area (Å²) in [7, 11) is 0. The molecule has 0 radical (unpaired) electrons. The van der Waals surface area contributed by atoms with E-state index >= 15 is 0 Å². The van der Waals surface area contributed by atoms with Gasteiger partial charge in [-0.05, 0) is 24.3 Å². The molecule has 7 heteroatoms. The third-order valence-corrected chi connectivity index (χ3v) is 3.54. The Morgan fingerprint density at radius 3 is 2.68 bits per heavy atom. The van der Waals surface area contributed by atoms with Crippen molar-refractivity contribution in [3.63, 3.8) is 0 Å². The van der Waals surface area contributed by atoms with Gasteiger partial charge in [-0.3, -0.25) is 9.59 Å². The number of ether oxygens (including phenoxy) is 1. The van der Waals surface area contributed by atoms with Crippen LogP contribution < -0.4 is 15.4 Å². The van der Waals surface area contributed by atoms with Crippen molar-refractivity contribution in [1.82, 2.24) is 5.32 Å². The molecule has 0 saturated heterocycles. The Hall–Kier alpha value is -3.22. The molecule has 0 fully saturated rings. The molecule has 0 bridgehead atoms. The fraction of sp³-hybridized carbons (Fsp3) is 0.111. The fourth-order valence-electron chi connectivity index (χ4n) is 2.30. The second kappa shape index (κ2) is 7.12. The molecule has 0 aliphatic carbocycles. The smallest absolute Gasteiger partial charge is 0.251 e. The Kier molecular flexibility index (Phi) is 4.74. The zero-order chi connectivity index (χ0) is 17.8. The third kappa shape index (κ3) is 4.00. The Balaban J connectivity index is 1.56. The summed E-state index contributed by atoms with van der Waals surface area (Å²) in [6.45, 7) is -0.204. The van der Waals surface area contributed by atoms with Gasteiger partial charge in [0.25, 0.3) is 5.91 Å². The Morgan fingerprint density at radius 1 is 1.08 bits per heavy atom. The number of carbonyl (C=O) groups is 2. The van der Waals surface area contributed by atoms with Crippen LogP contribution in [0.15, 0.2) is 48.0 Å². The molecule has 0 aromatic heterocycles. The van der Waals surface area contributed by atoms with Crippen molar-refractivity contribution < 1.29 is 23.1 Å². The van der Waals surface area contributed by atoms with Crippen LogP contribution in [0.25, 0.3) is 6.08 Å². The first-order valence-corrected chi connectivity index (χ1v) is 7.48. The van der Waals surface area contributed by atoms with Gasteiger partial charge in [0.15, 0.2) is 11.6 Å². The van der Waals surface area contributed by atoms with E-state index in [0.29, 0.717) is 11.3 Å². The third-order valence-electron chi connectivity index (χ3n) is 3.54. The highest BCUT2D eigenvalue weighted by molar-refractivity contribution is 6.02. The standard InChI is InChI=1S/C18H14F2N2O3/c19-14-6-5-13(8-15(14)20)22-17(23)9-21-18(24)12-7-11-3-1-2-4-16(11)25-10-12/h1-8H,9-10H2,(H,21,24)(H,22,23). The number of rotatable bonds is 4. The highest BCUT2D eigenvalue weighted by Gasteiger charge is 2.17. The molecule has 128 valence electrons. The van der Waals surface area contributed by atoms with Crippen molar-refractivity contribution in [2.45, 2.75) is 0 Å². The number of hydrogen-bond acceptors (Lipinski definition) is 3. The fourth-order valence-corrected chi connectivity index (χ4v) is 2.30. The van der Waals surface area contributed by atoms with Crippen LogP contribution in [0.1, 0.15) is 5.56 Å². The monoisotopic (exact) mass is 344 g/mol. The van der Waals surface area contributed by atoms with E-state index in [9.17, 15) is 18.4 Å². The normalized spacial score (nSPS) is 12.5. The molecule has 1 aliphatic heterocycles. The van der Waals surface area contributed by atoms with E-state index in [1.807, 2.05) is 18.2 Å². The SMILES string of the molecule is O=C(CNC(=O)C1=Cc2ccccc2OC1)Nc1ccc(F)c(F)c1. The summed E-state index contributed by atoms with van der Waals surface area (Å²) in [5, 5.41) is 4.83. The van der Waals surface area contributed by atoms with Crippen LogP contribution >= 0.6 is 0 Å². The summed E-state index contributed by atoms with van der Waals surface area (Å²) in [5.74, 6) is -2.37. The molecular weight excluding hydrogens is 330 g/mol. The van der Waals surface area contributed by atoms with Crippen LogP contribution in [0.3, 0.4) is 0 Å². The van der Waals surface area contributed by atoms with Crippen LogP contribution in [0, 0.1) is 11.6 Å². The van der Waals surface area contributed by atoms with Gasteiger partial charge in [0.1, 0.15) is 12.4 Å². The topological polar surface area (TPSA) is 67.4 Å². The van der Waals surface area contributed by atoms with E-state index in [2.05, 4.69) is 10.6 Å². The van der Waals surface area contributed by atoms with Gasteiger partial charge in [-0.25, -0.2) is 8.78 Å². The van der Waals surface area contributed by atoms with Gasteiger partial charge < -0.3 is 15.4 Å². The number of halogens is 2. The highest BCUT2D eigenvalue weighted by atomic mass is 19.2. The van der Waals surface area contributed by atoms with Crippen LogP contribution in [0.4, 0.5) is 14.5 Å². The lowest BCUT2D eigenvalue weighted by molar-refractivity contribution is -0.121. The van der Waals surface area contributed by atoms with Gasteiger partial charge in [0, 0.05) is 17.3 Å². The quantitative estimate of drug-likeness (QED) is 0.895. The zero-order valence-electron chi connectivity index (χ0n) is 13.0. The van der Waals surface area contributed by atoms with Gasteiger partial charge in [-0.2, -0.15) is 0 Å². The summed E-state index contributed by atoms with van der Waals surface area (Å²) in [6.07, 6.45) is 1.70. The summed E-state index contributed by atoms with van der Waals surface area (Å²) < 4.78 is 31.4. The van der Waals surface area contributed by atoms with Gasteiger partial charge >= 0.3 is 0 Å². The molecule has 0 spiro atoms. The van der Waals surface area contributed by atoms with Gasteiger partial charge in [-0.1, -0.05) is 18.2 Å². The number of amides is 2. The van der Waals surface area contributed by atoms with Crippen molar-refractivity contribution in [1.29, 1.82) is 0 Å². The minimum absolute atomic E-state index is 0.104. The van der Waals surface area contributed by atoms with E-state index in [4.69, 9.17) is 4.74 Å². The molecule has 1 aliphatic rings. The predicted molar refractivity (Wildman–Crippen MR) is 87.9 cm³/mol. The molecule has 0 unspecified atom stereocenters. The maximum atomic E-state index is 13.1. The summed E-state index contributed by atoms with van der Waals surface area (Å²) in [6, 6.07) is 10.3. The highest BCUT2D eigenvalue weighted by Crippen LogP contribution is 2.25. The maximum absolute atomic E-state index is 13.1. The molecule has 3 rings (SSSR count). The largest absolute Gasteiger partial charge is 0.488 e. The summed E-state index contributed by atoms with van der Waals surface area (Å²) in [5.41, 5.74) is 1.27. The van der Waals surface area contributed by atoms with Crippen molar-refractivity contribution in [2.75, 3.05) is 18.5 Å². The Morgan fingerprint density at radius 2 is 1.88 bits per heavy atom. The van der Waals surface area contributed by atoms with Gasteiger partial charge in [0.05, 0.1) is 12.1 Å². The van der Waals surface area contributed by atoms with Gasteiger partial charge in [-0.15, -0.1) is 0 Å². The van der Waals surface area contributed by atoms with Crippen molar-refractivity contribution in [3.05, 3.63) is 65.2 Å².